The van der Waals surface area contributed by atoms with Gasteiger partial charge in [0.2, 0.25) is 0 Å². The van der Waals surface area contributed by atoms with Gasteiger partial charge in [0.1, 0.15) is 0 Å². The predicted molar refractivity (Wildman–Crippen MR) is 91.6 cm³/mol. The van der Waals surface area contributed by atoms with Crippen molar-refractivity contribution in [2.24, 2.45) is 11.8 Å². The van der Waals surface area contributed by atoms with Gasteiger partial charge >= 0.3 is 0 Å². The SMILES string of the molecule is CCNC1CC(C)CC(C)C1SCc1ccccc1Cl. The standard InChI is InChI=1S/C17H26ClNS/c1-4-19-16-10-12(2)9-13(3)17(16)20-11-14-7-5-6-8-15(14)18/h5-8,12-13,16-17,19H,4,9-11H2,1-3H3. The summed E-state index contributed by atoms with van der Waals surface area (Å²) < 4.78 is 0. The maximum absolute atomic E-state index is 6.27. The van der Waals surface area contributed by atoms with Crippen molar-refractivity contribution >= 4 is 23.4 Å². The van der Waals surface area contributed by atoms with E-state index in [1.165, 1.54) is 18.4 Å². The number of nitrogens with one attached hydrogen (secondary N) is 1. The van der Waals surface area contributed by atoms with E-state index in [4.69, 9.17) is 11.6 Å². The van der Waals surface area contributed by atoms with Crippen molar-refractivity contribution in [2.45, 2.75) is 50.7 Å². The molecule has 4 atom stereocenters. The van der Waals surface area contributed by atoms with E-state index < -0.39 is 0 Å². The first kappa shape index (κ1) is 16.2. The highest BCUT2D eigenvalue weighted by atomic mass is 35.5. The van der Waals surface area contributed by atoms with E-state index >= 15 is 0 Å². The summed E-state index contributed by atoms with van der Waals surface area (Å²) >= 11 is 8.35. The normalized spacial score (nSPS) is 30.4. The molecular weight excluding hydrogens is 286 g/mol. The third-order valence-electron chi connectivity index (χ3n) is 4.24. The maximum atomic E-state index is 6.27. The average molecular weight is 312 g/mol. The Morgan fingerprint density at radius 3 is 2.70 bits per heavy atom. The zero-order chi connectivity index (χ0) is 14.5. The Balaban J connectivity index is 2.00. The lowest BCUT2D eigenvalue weighted by molar-refractivity contribution is 0.251. The molecule has 0 amide bonds. The van der Waals surface area contributed by atoms with Gasteiger partial charge in [0.05, 0.1) is 0 Å². The van der Waals surface area contributed by atoms with E-state index in [9.17, 15) is 0 Å². The van der Waals surface area contributed by atoms with Crippen molar-refractivity contribution in [3.05, 3.63) is 34.9 Å². The van der Waals surface area contributed by atoms with E-state index in [0.717, 1.165) is 29.2 Å². The number of hydrogen-bond acceptors (Lipinski definition) is 2. The third-order valence-corrected chi connectivity index (χ3v) is 6.27. The van der Waals surface area contributed by atoms with Crippen LogP contribution in [0, 0.1) is 11.8 Å². The monoisotopic (exact) mass is 311 g/mol. The molecule has 1 aromatic rings. The number of halogens is 1. The largest absolute Gasteiger partial charge is 0.313 e. The molecule has 0 spiro atoms. The molecular formula is C17H26ClNS. The van der Waals surface area contributed by atoms with Crippen LogP contribution in [0.3, 0.4) is 0 Å². The van der Waals surface area contributed by atoms with Gasteiger partial charge in [0.25, 0.3) is 0 Å². The van der Waals surface area contributed by atoms with Crippen molar-refractivity contribution in [1.82, 2.24) is 5.32 Å². The summed E-state index contributed by atoms with van der Waals surface area (Å²) in [4.78, 5) is 0. The molecule has 0 aromatic heterocycles. The van der Waals surface area contributed by atoms with Gasteiger partial charge in [0.15, 0.2) is 0 Å². The van der Waals surface area contributed by atoms with Crippen LogP contribution in [0.4, 0.5) is 0 Å². The highest BCUT2D eigenvalue weighted by Gasteiger charge is 2.33. The Morgan fingerprint density at radius 2 is 2.00 bits per heavy atom. The molecule has 1 nitrogen and oxygen atoms in total. The number of hydrogen-bond donors (Lipinski definition) is 1. The van der Waals surface area contributed by atoms with Crippen molar-refractivity contribution in [1.29, 1.82) is 0 Å². The molecule has 4 unspecified atom stereocenters. The summed E-state index contributed by atoms with van der Waals surface area (Å²) in [6, 6.07) is 8.86. The molecule has 2 rings (SSSR count). The van der Waals surface area contributed by atoms with Gasteiger partial charge in [-0.25, -0.2) is 0 Å². The summed E-state index contributed by atoms with van der Waals surface area (Å²) in [5.74, 6) is 2.63. The minimum atomic E-state index is 0.645. The number of rotatable bonds is 5. The summed E-state index contributed by atoms with van der Waals surface area (Å²) in [6.07, 6.45) is 2.65. The molecule has 112 valence electrons. The first-order valence-corrected chi connectivity index (χ1v) is 9.12. The van der Waals surface area contributed by atoms with Crippen molar-refractivity contribution in [2.75, 3.05) is 6.54 Å². The molecule has 0 radical (unpaired) electrons. The highest BCUT2D eigenvalue weighted by molar-refractivity contribution is 7.99. The molecule has 1 N–H and O–H groups in total. The molecule has 1 aliphatic carbocycles. The minimum absolute atomic E-state index is 0.645. The fourth-order valence-electron chi connectivity index (χ4n) is 3.37. The van der Waals surface area contributed by atoms with Crippen LogP contribution in [0.1, 0.15) is 39.2 Å². The van der Waals surface area contributed by atoms with Gasteiger partial charge in [0, 0.05) is 22.1 Å². The Labute approximate surface area is 132 Å². The first-order chi connectivity index (χ1) is 9.61. The Bertz CT molecular complexity index is 423. The predicted octanol–water partition coefficient (Wildman–Crippen LogP) is 4.99. The van der Waals surface area contributed by atoms with Gasteiger partial charge in [-0.3, -0.25) is 0 Å². The van der Waals surface area contributed by atoms with Crippen LogP contribution in [-0.4, -0.2) is 17.8 Å². The quantitative estimate of drug-likeness (QED) is 0.822. The minimum Gasteiger partial charge on any atom is -0.313 e. The Morgan fingerprint density at radius 1 is 1.25 bits per heavy atom. The Hall–Kier alpha value is -0.180. The van der Waals surface area contributed by atoms with Crippen LogP contribution < -0.4 is 5.32 Å². The molecule has 1 aliphatic rings. The lowest BCUT2D eigenvalue weighted by atomic mass is 9.80. The van der Waals surface area contributed by atoms with Gasteiger partial charge in [-0.1, -0.05) is 50.6 Å². The summed E-state index contributed by atoms with van der Waals surface area (Å²) in [7, 11) is 0. The molecule has 0 heterocycles. The molecule has 1 saturated carbocycles. The highest BCUT2D eigenvalue weighted by Crippen LogP contribution is 2.38. The topological polar surface area (TPSA) is 12.0 Å². The van der Waals surface area contributed by atoms with E-state index in [0.29, 0.717) is 11.3 Å². The van der Waals surface area contributed by atoms with Gasteiger partial charge in [-0.15, -0.1) is 0 Å². The van der Waals surface area contributed by atoms with E-state index in [-0.39, 0.29) is 0 Å². The zero-order valence-corrected chi connectivity index (χ0v) is 14.3. The lowest BCUT2D eigenvalue weighted by Gasteiger charge is -2.39. The van der Waals surface area contributed by atoms with Crippen LogP contribution in [0.5, 0.6) is 0 Å². The van der Waals surface area contributed by atoms with Gasteiger partial charge in [-0.2, -0.15) is 11.8 Å². The molecule has 1 aromatic carbocycles. The first-order valence-electron chi connectivity index (χ1n) is 7.70. The lowest BCUT2D eigenvalue weighted by Crippen LogP contribution is -2.46. The van der Waals surface area contributed by atoms with Crippen molar-refractivity contribution in [3.63, 3.8) is 0 Å². The summed E-state index contributed by atoms with van der Waals surface area (Å²) in [6.45, 7) is 8.06. The zero-order valence-electron chi connectivity index (χ0n) is 12.7. The molecule has 20 heavy (non-hydrogen) atoms. The second-order valence-corrected chi connectivity index (χ2v) is 7.66. The van der Waals surface area contributed by atoms with Crippen LogP contribution >= 0.6 is 23.4 Å². The van der Waals surface area contributed by atoms with Crippen LogP contribution in [-0.2, 0) is 5.75 Å². The smallest absolute Gasteiger partial charge is 0.0446 e. The average Bonchev–Trinajstić information content (AvgIpc) is 2.40. The Kier molecular flexibility index (Phi) is 6.25. The number of benzene rings is 1. The van der Waals surface area contributed by atoms with E-state index in [1.807, 2.05) is 12.1 Å². The maximum Gasteiger partial charge on any atom is 0.0446 e. The second-order valence-electron chi connectivity index (χ2n) is 6.09. The van der Waals surface area contributed by atoms with Crippen molar-refractivity contribution in [3.8, 4) is 0 Å². The van der Waals surface area contributed by atoms with Crippen LogP contribution in [0.2, 0.25) is 5.02 Å². The fraction of sp³-hybridized carbons (Fsp3) is 0.647. The van der Waals surface area contributed by atoms with Crippen LogP contribution in [0.15, 0.2) is 24.3 Å². The van der Waals surface area contributed by atoms with E-state index in [2.05, 4.69) is 50.0 Å². The van der Waals surface area contributed by atoms with E-state index in [1.54, 1.807) is 0 Å². The fourth-order valence-corrected chi connectivity index (χ4v) is 5.16. The number of thioether (sulfide) groups is 1. The molecule has 0 aliphatic heterocycles. The summed E-state index contributed by atoms with van der Waals surface area (Å²) in [5.41, 5.74) is 1.26. The molecule has 0 bridgehead atoms. The van der Waals surface area contributed by atoms with Gasteiger partial charge in [-0.05, 0) is 42.9 Å². The molecule has 0 saturated heterocycles. The summed E-state index contributed by atoms with van der Waals surface area (Å²) in [5, 5.41) is 5.29. The molecule has 3 heteroatoms. The second kappa shape index (κ2) is 7.72. The molecule has 1 fully saturated rings. The van der Waals surface area contributed by atoms with Crippen LogP contribution in [0.25, 0.3) is 0 Å². The van der Waals surface area contributed by atoms with Crippen molar-refractivity contribution < 1.29 is 0 Å². The third kappa shape index (κ3) is 4.16. The van der Waals surface area contributed by atoms with Gasteiger partial charge < -0.3 is 5.32 Å².